The summed E-state index contributed by atoms with van der Waals surface area (Å²) in [5.41, 5.74) is 4.89. The highest BCUT2D eigenvalue weighted by Crippen LogP contribution is 2.06. The number of amides is 2. The highest BCUT2D eigenvalue weighted by atomic mass is 16.3. The Kier molecular flexibility index (Phi) is 3.31. The number of carbonyl (C=O) groups excluding carboxylic acids is 1. The molecule has 0 aromatic carbocycles. The number of aliphatic hydroxyl groups excluding tert-OH is 1. The molecule has 4 N–H and O–H groups in total. The van der Waals surface area contributed by atoms with Gasteiger partial charge < -0.3 is 16.2 Å². The van der Waals surface area contributed by atoms with Crippen molar-refractivity contribution in [2.45, 2.75) is 12.5 Å². The minimum Gasteiger partial charge on any atom is -0.392 e. The van der Waals surface area contributed by atoms with Crippen molar-refractivity contribution in [3.8, 4) is 0 Å². The van der Waals surface area contributed by atoms with E-state index in [9.17, 15) is 4.79 Å². The molecule has 2 amide bonds. The van der Waals surface area contributed by atoms with Crippen LogP contribution in [-0.2, 0) is 0 Å². The molecule has 5 nitrogen and oxygen atoms in total. The van der Waals surface area contributed by atoms with Gasteiger partial charge in [-0.2, -0.15) is 0 Å². The van der Waals surface area contributed by atoms with Crippen LogP contribution in [0.2, 0.25) is 0 Å². The van der Waals surface area contributed by atoms with E-state index in [0.29, 0.717) is 13.1 Å². The van der Waals surface area contributed by atoms with Crippen molar-refractivity contribution in [2.24, 2.45) is 5.73 Å². The number of nitrogens with two attached hydrogens (primary N) is 1. The number of nitrogens with one attached hydrogen (secondary N) is 1. The molecule has 5 heteroatoms. The number of urea groups is 1. The van der Waals surface area contributed by atoms with Gasteiger partial charge >= 0.3 is 6.03 Å². The Hall–Kier alpha value is -0.810. The Balaban J connectivity index is 2.04. The van der Waals surface area contributed by atoms with E-state index in [0.717, 1.165) is 19.5 Å². The number of nitrogens with zero attached hydrogens (tertiary/aromatic N) is 1. The van der Waals surface area contributed by atoms with Gasteiger partial charge in [0.25, 0.3) is 0 Å². The van der Waals surface area contributed by atoms with E-state index in [2.05, 4.69) is 10.2 Å². The summed E-state index contributed by atoms with van der Waals surface area (Å²) in [6.07, 6.45) is 0.634. The molecule has 1 rings (SSSR count). The van der Waals surface area contributed by atoms with Gasteiger partial charge in [0.05, 0.1) is 6.10 Å². The Morgan fingerprint density at radius 1 is 1.75 bits per heavy atom. The lowest BCUT2D eigenvalue weighted by molar-refractivity contribution is 0.176. The third kappa shape index (κ3) is 3.06. The van der Waals surface area contributed by atoms with Gasteiger partial charge in [-0.05, 0) is 6.42 Å². The molecule has 0 unspecified atom stereocenters. The predicted molar refractivity (Wildman–Crippen MR) is 44.6 cm³/mol. The zero-order valence-electron chi connectivity index (χ0n) is 6.99. The number of hydrogen-bond donors (Lipinski definition) is 3. The Bertz CT molecular complexity index is 163. The fourth-order valence-electron chi connectivity index (χ4n) is 1.35. The number of primary amides is 1. The summed E-state index contributed by atoms with van der Waals surface area (Å²) in [5.74, 6) is 0. The molecule has 0 spiro atoms. The van der Waals surface area contributed by atoms with E-state index >= 15 is 0 Å². The summed E-state index contributed by atoms with van der Waals surface area (Å²) in [6, 6.07) is -0.491. The van der Waals surface area contributed by atoms with Crippen molar-refractivity contribution in [3.63, 3.8) is 0 Å². The van der Waals surface area contributed by atoms with Crippen LogP contribution < -0.4 is 11.1 Å². The zero-order chi connectivity index (χ0) is 8.97. The molecule has 1 aliphatic heterocycles. The van der Waals surface area contributed by atoms with Gasteiger partial charge in [-0.25, -0.2) is 4.79 Å². The first-order valence-corrected chi connectivity index (χ1v) is 4.12. The Morgan fingerprint density at radius 2 is 2.50 bits per heavy atom. The molecule has 0 saturated carbocycles. The maximum Gasteiger partial charge on any atom is 0.312 e. The smallest absolute Gasteiger partial charge is 0.312 e. The van der Waals surface area contributed by atoms with Crippen LogP contribution in [0.4, 0.5) is 4.79 Å². The summed E-state index contributed by atoms with van der Waals surface area (Å²) in [6.45, 7) is 2.93. The summed E-state index contributed by atoms with van der Waals surface area (Å²) in [4.78, 5) is 12.4. The van der Waals surface area contributed by atoms with Crippen LogP contribution in [0.1, 0.15) is 6.42 Å². The summed E-state index contributed by atoms with van der Waals surface area (Å²) < 4.78 is 0. The Morgan fingerprint density at radius 3 is 3.00 bits per heavy atom. The van der Waals surface area contributed by atoms with Gasteiger partial charge in [-0.3, -0.25) is 4.90 Å². The summed E-state index contributed by atoms with van der Waals surface area (Å²) >= 11 is 0. The van der Waals surface area contributed by atoms with Crippen molar-refractivity contribution in [1.29, 1.82) is 0 Å². The van der Waals surface area contributed by atoms with Gasteiger partial charge in [0, 0.05) is 26.2 Å². The van der Waals surface area contributed by atoms with E-state index < -0.39 is 6.03 Å². The van der Waals surface area contributed by atoms with Crippen molar-refractivity contribution < 1.29 is 9.90 Å². The van der Waals surface area contributed by atoms with E-state index in [1.54, 1.807) is 0 Å². The molecule has 70 valence electrons. The fraction of sp³-hybridized carbons (Fsp3) is 0.857. The molecule has 1 saturated heterocycles. The molecule has 0 aromatic rings. The van der Waals surface area contributed by atoms with Crippen LogP contribution in [0.15, 0.2) is 0 Å². The average molecular weight is 173 g/mol. The molecule has 0 aliphatic carbocycles. The topological polar surface area (TPSA) is 78.6 Å². The van der Waals surface area contributed by atoms with Crippen LogP contribution in [0.25, 0.3) is 0 Å². The highest BCUT2D eigenvalue weighted by molar-refractivity contribution is 5.71. The third-order valence-electron chi connectivity index (χ3n) is 1.97. The minimum atomic E-state index is -0.491. The molecule has 0 aromatic heterocycles. The Labute approximate surface area is 71.5 Å². The summed E-state index contributed by atoms with van der Waals surface area (Å²) in [5, 5.41) is 11.7. The van der Waals surface area contributed by atoms with Gasteiger partial charge in [0.15, 0.2) is 0 Å². The monoisotopic (exact) mass is 173 g/mol. The number of likely N-dealkylation sites (tertiary alicyclic amines) is 1. The van der Waals surface area contributed by atoms with Crippen LogP contribution in [0.3, 0.4) is 0 Å². The molecule has 1 atom stereocenters. The number of rotatable bonds is 3. The highest BCUT2D eigenvalue weighted by Gasteiger charge is 2.18. The molecule has 0 radical (unpaired) electrons. The van der Waals surface area contributed by atoms with Crippen molar-refractivity contribution in [2.75, 3.05) is 26.2 Å². The maximum atomic E-state index is 10.3. The van der Waals surface area contributed by atoms with Crippen molar-refractivity contribution >= 4 is 6.03 Å². The first-order chi connectivity index (χ1) is 5.68. The van der Waals surface area contributed by atoms with E-state index in [4.69, 9.17) is 10.8 Å². The van der Waals surface area contributed by atoms with Gasteiger partial charge in [0.2, 0.25) is 0 Å². The lowest BCUT2D eigenvalue weighted by atomic mass is 10.3. The number of carbonyl (C=O) groups is 1. The van der Waals surface area contributed by atoms with Crippen LogP contribution in [0, 0.1) is 0 Å². The molecule has 1 aliphatic rings. The maximum absolute atomic E-state index is 10.3. The molecular weight excluding hydrogens is 158 g/mol. The zero-order valence-corrected chi connectivity index (χ0v) is 6.99. The van der Waals surface area contributed by atoms with E-state index in [1.807, 2.05) is 0 Å². The van der Waals surface area contributed by atoms with Gasteiger partial charge in [-0.1, -0.05) is 0 Å². The van der Waals surface area contributed by atoms with Crippen LogP contribution in [0.5, 0.6) is 0 Å². The van der Waals surface area contributed by atoms with Gasteiger partial charge in [-0.15, -0.1) is 0 Å². The quantitative estimate of drug-likeness (QED) is 0.497. The molecule has 1 heterocycles. The molecule has 12 heavy (non-hydrogen) atoms. The SMILES string of the molecule is NC(=O)NCCN1CC[C@H](O)C1. The minimum absolute atomic E-state index is 0.196. The first kappa shape index (κ1) is 9.28. The lowest BCUT2D eigenvalue weighted by Gasteiger charge is -2.13. The second-order valence-corrected chi connectivity index (χ2v) is 3.03. The summed E-state index contributed by atoms with van der Waals surface area (Å²) in [7, 11) is 0. The van der Waals surface area contributed by atoms with E-state index in [1.165, 1.54) is 0 Å². The van der Waals surface area contributed by atoms with E-state index in [-0.39, 0.29) is 6.10 Å². The van der Waals surface area contributed by atoms with Crippen LogP contribution >= 0.6 is 0 Å². The van der Waals surface area contributed by atoms with Crippen LogP contribution in [-0.4, -0.2) is 48.3 Å². The largest absolute Gasteiger partial charge is 0.392 e. The lowest BCUT2D eigenvalue weighted by Crippen LogP contribution is -2.36. The third-order valence-corrected chi connectivity index (χ3v) is 1.97. The second kappa shape index (κ2) is 4.27. The molecule has 1 fully saturated rings. The first-order valence-electron chi connectivity index (χ1n) is 4.12. The van der Waals surface area contributed by atoms with Crippen molar-refractivity contribution in [1.82, 2.24) is 10.2 Å². The second-order valence-electron chi connectivity index (χ2n) is 3.03. The average Bonchev–Trinajstić information content (AvgIpc) is 2.35. The fourth-order valence-corrected chi connectivity index (χ4v) is 1.35. The predicted octanol–water partition coefficient (Wildman–Crippen LogP) is -1.28. The standard InChI is InChI=1S/C7H15N3O2/c8-7(12)9-2-4-10-3-1-6(11)5-10/h6,11H,1-5H2,(H3,8,9,12)/t6-/m0/s1. The number of β-amino-alcohol motifs (C(OH)–C–C–N with tert-alkyl or cyclic N) is 1. The number of aliphatic hydroxyl groups is 1. The van der Waals surface area contributed by atoms with Crippen molar-refractivity contribution in [3.05, 3.63) is 0 Å². The number of hydrogen-bond acceptors (Lipinski definition) is 3. The van der Waals surface area contributed by atoms with Gasteiger partial charge in [0.1, 0.15) is 0 Å². The molecule has 0 bridgehead atoms. The molecular formula is C7H15N3O2. The normalized spacial score (nSPS) is 24.2.